The third-order valence-corrected chi connectivity index (χ3v) is 4.58. The SMILES string of the molecule is O=C(NCCc1ccco1)N(Cc1cccnc1)C1CCCCC1. The van der Waals surface area contributed by atoms with E-state index in [2.05, 4.69) is 10.3 Å². The van der Waals surface area contributed by atoms with E-state index in [0.29, 0.717) is 25.6 Å². The summed E-state index contributed by atoms with van der Waals surface area (Å²) in [6, 6.07) is 8.08. The highest BCUT2D eigenvalue weighted by molar-refractivity contribution is 5.74. The zero-order valence-electron chi connectivity index (χ0n) is 14.0. The van der Waals surface area contributed by atoms with Gasteiger partial charge in [0.1, 0.15) is 5.76 Å². The lowest BCUT2D eigenvalue weighted by Crippen LogP contribution is -2.46. The monoisotopic (exact) mass is 327 g/mol. The van der Waals surface area contributed by atoms with Crippen LogP contribution in [-0.4, -0.2) is 28.5 Å². The van der Waals surface area contributed by atoms with E-state index < -0.39 is 0 Å². The maximum Gasteiger partial charge on any atom is 0.317 e. The van der Waals surface area contributed by atoms with Gasteiger partial charge in [-0.15, -0.1) is 0 Å². The minimum Gasteiger partial charge on any atom is -0.469 e. The predicted molar refractivity (Wildman–Crippen MR) is 92.5 cm³/mol. The van der Waals surface area contributed by atoms with Crippen molar-refractivity contribution in [1.29, 1.82) is 0 Å². The minimum atomic E-state index is 0.0114. The zero-order chi connectivity index (χ0) is 16.6. The van der Waals surface area contributed by atoms with Gasteiger partial charge in [0, 0.05) is 37.9 Å². The molecule has 1 fully saturated rings. The number of furan rings is 1. The van der Waals surface area contributed by atoms with E-state index in [9.17, 15) is 4.79 Å². The highest BCUT2D eigenvalue weighted by Gasteiger charge is 2.25. The molecule has 1 saturated carbocycles. The molecule has 0 aromatic carbocycles. The van der Waals surface area contributed by atoms with Crippen molar-refractivity contribution < 1.29 is 9.21 Å². The fraction of sp³-hybridized carbons (Fsp3) is 0.474. The van der Waals surface area contributed by atoms with Gasteiger partial charge in [0.25, 0.3) is 0 Å². The first-order valence-electron chi connectivity index (χ1n) is 8.78. The molecule has 1 aliphatic rings. The number of rotatable bonds is 6. The number of carbonyl (C=O) groups excluding carboxylic acids is 1. The molecule has 2 heterocycles. The summed E-state index contributed by atoms with van der Waals surface area (Å²) in [4.78, 5) is 18.9. The van der Waals surface area contributed by atoms with Crippen LogP contribution in [-0.2, 0) is 13.0 Å². The summed E-state index contributed by atoms with van der Waals surface area (Å²) in [7, 11) is 0. The van der Waals surface area contributed by atoms with Crippen LogP contribution in [0.25, 0.3) is 0 Å². The van der Waals surface area contributed by atoms with Crippen molar-refractivity contribution in [2.45, 2.75) is 51.1 Å². The normalized spacial score (nSPS) is 15.2. The van der Waals surface area contributed by atoms with E-state index in [1.807, 2.05) is 35.4 Å². The van der Waals surface area contributed by atoms with Gasteiger partial charge in [-0.2, -0.15) is 0 Å². The molecule has 5 nitrogen and oxygen atoms in total. The van der Waals surface area contributed by atoms with Crippen molar-refractivity contribution in [2.75, 3.05) is 6.54 Å². The van der Waals surface area contributed by atoms with Gasteiger partial charge >= 0.3 is 6.03 Å². The molecule has 5 heteroatoms. The first kappa shape index (κ1) is 16.6. The van der Waals surface area contributed by atoms with Gasteiger partial charge in [0.05, 0.1) is 6.26 Å². The second kappa shape index (κ2) is 8.52. The lowest BCUT2D eigenvalue weighted by Gasteiger charge is -2.34. The van der Waals surface area contributed by atoms with Gasteiger partial charge in [-0.3, -0.25) is 4.98 Å². The summed E-state index contributed by atoms with van der Waals surface area (Å²) in [5.41, 5.74) is 1.07. The second-order valence-corrected chi connectivity index (χ2v) is 6.34. The van der Waals surface area contributed by atoms with E-state index >= 15 is 0 Å². The number of nitrogens with one attached hydrogen (secondary N) is 1. The lowest BCUT2D eigenvalue weighted by atomic mass is 9.94. The molecule has 1 aliphatic carbocycles. The molecule has 24 heavy (non-hydrogen) atoms. The second-order valence-electron chi connectivity index (χ2n) is 6.34. The Kier molecular flexibility index (Phi) is 5.88. The molecular weight excluding hydrogens is 302 g/mol. The van der Waals surface area contributed by atoms with Gasteiger partial charge in [-0.05, 0) is 36.6 Å². The Morgan fingerprint density at radius 3 is 2.83 bits per heavy atom. The van der Waals surface area contributed by atoms with Crippen molar-refractivity contribution in [1.82, 2.24) is 15.2 Å². The van der Waals surface area contributed by atoms with Crippen LogP contribution in [0.3, 0.4) is 0 Å². The van der Waals surface area contributed by atoms with Gasteiger partial charge in [-0.1, -0.05) is 25.3 Å². The number of nitrogens with zero attached hydrogens (tertiary/aromatic N) is 2. The van der Waals surface area contributed by atoms with Gasteiger partial charge < -0.3 is 14.6 Å². The molecule has 3 rings (SSSR count). The molecule has 0 atom stereocenters. The highest BCUT2D eigenvalue weighted by Crippen LogP contribution is 2.24. The summed E-state index contributed by atoms with van der Waals surface area (Å²) in [5, 5.41) is 3.05. The average molecular weight is 327 g/mol. The Bertz CT molecular complexity index is 607. The van der Waals surface area contributed by atoms with E-state index in [4.69, 9.17) is 4.42 Å². The molecule has 128 valence electrons. The maximum absolute atomic E-state index is 12.7. The third-order valence-electron chi connectivity index (χ3n) is 4.58. The van der Waals surface area contributed by atoms with Crippen LogP contribution >= 0.6 is 0 Å². The Balaban J connectivity index is 1.60. The number of aromatic nitrogens is 1. The molecule has 0 aliphatic heterocycles. The van der Waals surface area contributed by atoms with Gasteiger partial charge in [0.15, 0.2) is 0 Å². The molecule has 1 N–H and O–H groups in total. The Morgan fingerprint density at radius 1 is 1.25 bits per heavy atom. The molecule has 0 bridgehead atoms. The standard InChI is InChI=1S/C19H25N3O2/c23-19(21-12-10-18-9-5-13-24-18)22(17-7-2-1-3-8-17)15-16-6-4-11-20-14-16/h4-6,9,11,13-14,17H,1-3,7-8,10,12,15H2,(H,21,23). The van der Waals surface area contributed by atoms with Gasteiger partial charge in [-0.25, -0.2) is 4.79 Å². The molecule has 2 aromatic rings. The quantitative estimate of drug-likeness (QED) is 0.879. The molecular formula is C19H25N3O2. The van der Waals surface area contributed by atoms with E-state index in [-0.39, 0.29) is 6.03 Å². The van der Waals surface area contributed by atoms with Crippen LogP contribution < -0.4 is 5.32 Å². The van der Waals surface area contributed by atoms with E-state index in [1.54, 1.807) is 12.5 Å². The number of carbonyl (C=O) groups is 1. The number of hydrogen-bond acceptors (Lipinski definition) is 3. The van der Waals surface area contributed by atoms with E-state index in [1.165, 1.54) is 19.3 Å². The smallest absolute Gasteiger partial charge is 0.317 e. The Morgan fingerprint density at radius 2 is 2.12 bits per heavy atom. The predicted octanol–water partition coefficient (Wildman–Crippen LogP) is 3.76. The van der Waals surface area contributed by atoms with Crippen LogP contribution in [0.5, 0.6) is 0 Å². The van der Waals surface area contributed by atoms with Crippen LogP contribution in [0.2, 0.25) is 0 Å². The summed E-state index contributed by atoms with van der Waals surface area (Å²) < 4.78 is 5.31. The van der Waals surface area contributed by atoms with Crippen molar-refractivity contribution in [3.05, 3.63) is 54.2 Å². The Labute approximate surface area is 143 Å². The number of urea groups is 1. The van der Waals surface area contributed by atoms with Crippen molar-refractivity contribution in [3.63, 3.8) is 0 Å². The maximum atomic E-state index is 12.7. The molecule has 0 saturated heterocycles. The number of hydrogen-bond donors (Lipinski definition) is 1. The van der Waals surface area contributed by atoms with Crippen molar-refractivity contribution in [3.8, 4) is 0 Å². The minimum absolute atomic E-state index is 0.0114. The van der Waals surface area contributed by atoms with Crippen molar-refractivity contribution in [2.24, 2.45) is 0 Å². The highest BCUT2D eigenvalue weighted by atomic mass is 16.3. The topological polar surface area (TPSA) is 58.4 Å². The Hall–Kier alpha value is -2.30. The van der Waals surface area contributed by atoms with Crippen molar-refractivity contribution >= 4 is 6.03 Å². The fourth-order valence-electron chi connectivity index (χ4n) is 3.30. The summed E-state index contributed by atoms with van der Waals surface area (Å²) in [5.74, 6) is 0.895. The fourth-order valence-corrected chi connectivity index (χ4v) is 3.30. The van der Waals surface area contributed by atoms with Crippen LogP contribution in [0, 0.1) is 0 Å². The van der Waals surface area contributed by atoms with E-state index in [0.717, 1.165) is 24.2 Å². The molecule has 0 radical (unpaired) electrons. The van der Waals surface area contributed by atoms with Crippen LogP contribution in [0.4, 0.5) is 4.79 Å². The summed E-state index contributed by atoms with van der Waals surface area (Å²) in [6.07, 6.45) is 11.8. The largest absolute Gasteiger partial charge is 0.469 e. The summed E-state index contributed by atoms with van der Waals surface area (Å²) >= 11 is 0. The first-order valence-corrected chi connectivity index (χ1v) is 8.78. The van der Waals surface area contributed by atoms with Crippen LogP contribution in [0.1, 0.15) is 43.4 Å². The molecule has 0 spiro atoms. The number of pyridine rings is 1. The first-order chi connectivity index (χ1) is 11.8. The average Bonchev–Trinajstić information content (AvgIpc) is 3.15. The lowest BCUT2D eigenvalue weighted by molar-refractivity contribution is 0.151. The molecule has 2 amide bonds. The summed E-state index contributed by atoms with van der Waals surface area (Å²) in [6.45, 7) is 1.20. The molecule has 0 unspecified atom stereocenters. The zero-order valence-corrected chi connectivity index (χ0v) is 14.0. The van der Waals surface area contributed by atoms with Crippen LogP contribution in [0.15, 0.2) is 47.3 Å². The number of amides is 2. The molecule has 2 aromatic heterocycles. The van der Waals surface area contributed by atoms with Gasteiger partial charge in [0.2, 0.25) is 0 Å². The third kappa shape index (κ3) is 4.60.